The molecule has 1 unspecified atom stereocenters. The van der Waals surface area contributed by atoms with E-state index in [1.54, 1.807) is 0 Å². The van der Waals surface area contributed by atoms with Crippen LogP contribution < -0.4 is 10.6 Å². The Bertz CT molecular complexity index is 381. The van der Waals surface area contributed by atoms with Crippen LogP contribution >= 0.6 is 0 Å². The molecule has 1 atom stereocenters. The normalized spacial score (nSPS) is 20.4. The molecule has 0 spiro atoms. The van der Waals surface area contributed by atoms with Gasteiger partial charge in [-0.25, -0.2) is 9.18 Å². The number of halogens is 1. The quantitative estimate of drug-likeness (QED) is 0.624. The van der Waals surface area contributed by atoms with Crippen LogP contribution in [-0.4, -0.2) is 17.7 Å². The van der Waals surface area contributed by atoms with Gasteiger partial charge >= 0.3 is 6.03 Å². The summed E-state index contributed by atoms with van der Waals surface area (Å²) in [5.41, 5.74) is 0.376. The molecular weight excluding hydrogens is 187 g/mol. The van der Waals surface area contributed by atoms with Crippen LogP contribution in [0, 0.1) is 5.82 Å². The van der Waals surface area contributed by atoms with Crippen molar-refractivity contribution >= 4 is 6.03 Å². The Hall–Kier alpha value is -1.78. The average molecular weight is 196 g/mol. The Balaban J connectivity index is 2.28. The number of aromatic hydroxyl groups is 1. The Labute approximate surface area is 79.7 Å². The van der Waals surface area contributed by atoms with Crippen LogP contribution in [-0.2, 0) is 0 Å². The second kappa shape index (κ2) is 3.17. The molecule has 74 valence electrons. The van der Waals surface area contributed by atoms with E-state index in [1.165, 1.54) is 12.1 Å². The first-order valence-electron chi connectivity index (χ1n) is 4.19. The van der Waals surface area contributed by atoms with Crippen LogP contribution in [0.4, 0.5) is 9.18 Å². The molecular formula is C9H9FN2O2. The number of phenolic OH excluding ortho intramolecular Hbond substituents is 1. The summed E-state index contributed by atoms with van der Waals surface area (Å²) in [5.74, 6) is -0.637. The number of urea groups is 1. The number of hydrogen-bond donors (Lipinski definition) is 3. The molecule has 3 N–H and O–H groups in total. The zero-order valence-corrected chi connectivity index (χ0v) is 7.25. The second-order valence-corrected chi connectivity index (χ2v) is 3.11. The largest absolute Gasteiger partial charge is 0.508 e. The van der Waals surface area contributed by atoms with Crippen LogP contribution in [0.25, 0.3) is 0 Å². The third kappa shape index (κ3) is 1.48. The molecule has 0 saturated carbocycles. The molecule has 2 amide bonds. The van der Waals surface area contributed by atoms with Crippen molar-refractivity contribution in [2.45, 2.75) is 6.04 Å². The van der Waals surface area contributed by atoms with E-state index in [0.717, 1.165) is 6.07 Å². The van der Waals surface area contributed by atoms with Crippen LogP contribution in [0.1, 0.15) is 11.6 Å². The molecule has 1 aromatic carbocycles. The number of carbonyl (C=O) groups is 1. The Morgan fingerprint density at radius 3 is 2.86 bits per heavy atom. The number of rotatable bonds is 1. The molecule has 0 radical (unpaired) electrons. The summed E-state index contributed by atoms with van der Waals surface area (Å²) >= 11 is 0. The fourth-order valence-electron chi connectivity index (χ4n) is 1.44. The predicted molar refractivity (Wildman–Crippen MR) is 47.3 cm³/mol. The summed E-state index contributed by atoms with van der Waals surface area (Å²) in [6, 6.07) is 3.22. The van der Waals surface area contributed by atoms with E-state index >= 15 is 0 Å². The summed E-state index contributed by atoms with van der Waals surface area (Å²) in [6.07, 6.45) is 0. The highest BCUT2D eigenvalue weighted by Crippen LogP contribution is 2.22. The molecule has 1 heterocycles. The highest BCUT2D eigenvalue weighted by Gasteiger charge is 2.23. The van der Waals surface area contributed by atoms with Crippen molar-refractivity contribution in [2.75, 3.05) is 6.54 Å². The Morgan fingerprint density at radius 1 is 1.50 bits per heavy atom. The lowest BCUT2D eigenvalue weighted by Crippen LogP contribution is -2.22. The van der Waals surface area contributed by atoms with Crippen LogP contribution in [0.15, 0.2) is 18.2 Å². The highest BCUT2D eigenvalue weighted by atomic mass is 19.1. The minimum atomic E-state index is -0.515. The van der Waals surface area contributed by atoms with E-state index < -0.39 is 5.82 Å². The lowest BCUT2D eigenvalue weighted by Gasteiger charge is -2.09. The number of amides is 2. The van der Waals surface area contributed by atoms with Crippen molar-refractivity contribution in [3.8, 4) is 5.75 Å². The number of benzene rings is 1. The number of hydrogen-bond acceptors (Lipinski definition) is 2. The summed E-state index contributed by atoms with van der Waals surface area (Å²) in [7, 11) is 0. The second-order valence-electron chi connectivity index (χ2n) is 3.11. The number of nitrogens with one attached hydrogen (secondary N) is 2. The zero-order valence-electron chi connectivity index (χ0n) is 7.25. The van der Waals surface area contributed by atoms with Gasteiger partial charge in [0, 0.05) is 18.2 Å². The van der Waals surface area contributed by atoms with Crippen molar-refractivity contribution in [3.05, 3.63) is 29.6 Å². The van der Waals surface area contributed by atoms with Gasteiger partial charge in [-0.05, 0) is 6.07 Å². The van der Waals surface area contributed by atoms with Crippen molar-refractivity contribution < 1.29 is 14.3 Å². The smallest absolute Gasteiger partial charge is 0.315 e. The highest BCUT2D eigenvalue weighted by molar-refractivity contribution is 5.76. The van der Waals surface area contributed by atoms with Crippen LogP contribution in [0.2, 0.25) is 0 Å². The van der Waals surface area contributed by atoms with Gasteiger partial charge in [-0.2, -0.15) is 0 Å². The minimum Gasteiger partial charge on any atom is -0.508 e. The van der Waals surface area contributed by atoms with Crippen molar-refractivity contribution in [1.29, 1.82) is 0 Å². The zero-order chi connectivity index (χ0) is 10.1. The van der Waals surface area contributed by atoms with Crippen molar-refractivity contribution in [2.24, 2.45) is 0 Å². The summed E-state index contributed by atoms with van der Waals surface area (Å²) in [5, 5.41) is 14.1. The third-order valence-corrected chi connectivity index (χ3v) is 2.13. The van der Waals surface area contributed by atoms with Gasteiger partial charge in [-0.1, -0.05) is 6.07 Å². The monoisotopic (exact) mass is 196 g/mol. The predicted octanol–water partition coefficient (Wildman–Crippen LogP) is 0.885. The standard InChI is InChI=1S/C9H9FN2O2/c10-7-3-5(13)1-2-6(7)8-4-11-9(14)12-8/h1-3,8,13H,4H2,(H2,11,12,14). The van der Waals surface area contributed by atoms with Gasteiger partial charge < -0.3 is 15.7 Å². The average Bonchev–Trinajstić information content (AvgIpc) is 2.51. The molecule has 4 nitrogen and oxygen atoms in total. The molecule has 0 aliphatic carbocycles. The topological polar surface area (TPSA) is 61.4 Å². The van der Waals surface area contributed by atoms with E-state index in [0.29, 0.717) is 12.1 Å². The van der Waals surface area contributed by atoms with E-state index in [9.17, 15) is 9.18 Å². The fraction of sp³-hybridized carbons (Fsp3) is 0.222. The summed E-state index contributed by atoms with van der Waals surface area (Å²) in [4.78, 5) is 10.8. The van der Waals surface area contributed by atoms with E-state index in [-0.39, 0.29) is 17.8 Å². The van der Waals surface area contributed by atoms with Gasteiger partial charge in [0.25, 0.3) is 0 Å². The molecule has 1 aromatic rings. The van der Waals surface area contributed by atoms with Crippen molar-refractivity contribution in [1.82, 2.24) is 10.6 Å². The molecule has 0 bridgehead atoms. The maximum absolute atomic E-state index is 13.3. The first-order chi connectivity index (χ1) is 6.66. The summed E-state index contributed by atoms with van der Waals surface area (Å²) < 4.78 is 13.3. The molecule has 5 heteroatoms. The maximum atomic E-state index is 13.3. The first kappa shape index (κ1) is 8.80. The number of phenols is 1. The minimum absolute atomic E-state index is 0.122. The molecule has 1 aliphatic rings. The molecule has 14 heavy (non-hydrogen) atoms. The van der Waals surface area contributed by atoms with E-state index in [1.807, 2.05) is 0 Å². The van der Waals surface area contributed by atoms with Crippen LogP contribution in [0.5, 0.6) is 5.75 Å². The molecule has 0 aromatic heterocycles. The first-order valence-corrected chi connectivity index (χ1v) is 4.19. The van der Waals surface area contributed by atoms with E-state index in [4.69, 9.17) is 5.11 Å². The van der Waals surface area contributed by atoms with Gasteiger partial charge in [0.1, 0.15) is 11.6 Å². The van der Waals surface area contributed by atoms with Crippen LogP contribution in [0.3, 0.4) is 0 Å². The Kier molecular flexibility index (Phi) is 1.99. The fourth-order valence-corrected chi connectivity index (χ4v) is 1.44. The lowest BCUT2D eigenvalue weighted by molar-refractivity contribution is 0.247. The van der Waals surface area contributed by atoms with Crippen molar-refractivity contribution in [3.63, 3.8) is 0 Å². The van der Waals surface area contributed by atoms with Gasteiger partial charge in [0.05, 0.1) is 6.04 Å². The molecule has 1 fully saturated rings. The van der Waals surface area contributed by atoms with Gasteiger partial charge in [-0.3, -0.25) is 0 Å². The number of carbonyl (C=O) groups excluding carboxylic acids is 1. The SMILES string of the molecule is O=C1NCC(c2ccc(O)cc2F)N1. The summed E-state index contributed by atoms with van der Waals surface area (Å²) in [6.45, 7) is 0.362. The van der Waals surface area contributed by atoms with E-state index in [2.05, 4.69) is 10.6 Å². The molecule has 1 saturated heterocycles. The maximum Gasteiger partial charge on any atom is 0.315 e. The van der Waals surface area contributed by atoms with Gasteiger partial charge in [-0.15, -0.1) is 0 Å². The Morgan fingerprint density at radius 2 is 2.29 bits per heavy atom. The van der Waals surface area contributed by atoms with Gasteiger partial charge in [0.2, 0.25) is 0 Å². The molecule has 1 aliphatic heterocycles. The lowest BCUT2D eigenvalue weighted by atomic mass is 10.1. The van der Waals surface area contributed by atoms with Gasteiger partial charge in [0.15, 0.2) is 0 Å². The third-order valence-electron chi connectivity index (χ3n) is 2.13. The molecule has 2 rings (SSSR count).